The van der Waals surface area contributed by atoms with Crippen molar-refractivity contribution in [2.45, 2.75) is 58.8 Å². The predicted octanol–water partition coefficient (Wildman–Crippen LogP) is 4.90. The van der Waals surface area contributed by atoms with Crippen molar-refractivity contribution in [2.24, 2.45) is 0 Å². The van der Waals surface area contributed by atoms with E-state index in [1.54, 1.807) is 0 Å². The maximum atomic E-state index is 4.55. The first-order chi connectivity index (χ1) is 6.84. The standard InChI is InChI=1S/C11H21NP2/c1-3-4-5-6-7-8-9-11-10(2)13-14-12-11/h14H,3-9H2,1-2H3. The number of hydrogen-bond acceptors (Lipinski definition) is 1. The van der Waals surface area contributed by atoms with Gasteiger partial charge in [0.25, 0.3) is 0 Å². The summed E-state index contributed by atoms with van der Waals surface area (Å²) >= 11 is 0. The zero-order chi connectivity index (χ0) is 10.2. The minimum atomic E-state index is 0.805. The topological polar surface area (TPSA) is 12.9 Å². The monoisotopic (exact) mass is 229 g/mol. The molecule has 0 saturated heterocycles. The summed E-state index contributed by atoms with van der Waals surface area (Å²) in [6.07, 6.45) is 9.57. The van der Waals surface area contributed by atoms with Crippen molar-refractivity contribution in [3.63, 3.8) is 0 Å². The van der Waals surface area contributed by atoms with E-state index in [1.165, 1.54) is 63.8 Å². The van der Waals surface area contributed by atoms with Gasteiger partial charge in [0.05, 0.1) is 5.69 Å². The highest BCUT2D eigenvalue weighted by Crippen LogP contribution is 2.27. The first-order valence-electron chi connectivity index (χ1n) is 5.71. The summed E-state index contributed by atoms with van der Waals surface area (Å²) in [4.78, 5) is 0. The second-order valence-electron chi connectivity index (χ2n) is 3.87. The van der Waals surface area contributed by atoms with E-state index in [9.17, 15) is 0 Å². The molecular weight excluding hydrogens is 208 g/mol. The number of aryl methyl sites for hydroxylation is 2. The molecule has 1 unspecified atom stereocenters. The molecule has 0 aliphatic carbocycles. The molecule has 0 bridgehead atoms. The summed E-state index contributed by atoms with van der Waals surface area (Å²) in [5.41, 5.74) is 1.42. The zero-order valence-corrected chi connectivity index (χ0v) is 11.2. The van der Waals surface area contributed by atoms with Gasteiger partial charge in [-0.05, 0) is 35.7 Å². The van der Waals surface area contributed by atoms with Crippen molar-refractivity contribution in [1.82, 2.24) is 4.75 Å². The molecule has 0 spiro atoms. The van der Waals surface area contributed by atoms with Gasteiger partial charge in [-0.3, -0.25) is 0 Å². The highest BCUT2D eigenvalue weighted by atomic mass is 31.8. The second kappa shape index (κ2) is 7.43. The summed E-state index contributed by atoms with van der Waals surface area (Å²) in [5, 5.41) is 1.52. The molecule has 1 atom stereocenters. The molecule has 0 amide bonds. The van der Waals surface area contributed by atoms with Gasteiger partial charge in [-0.25, -0.2) is 4.75 Å². The third-order valence-corrected chi connectivity index (χ3v) is 5.26. The van der Waals surface area contributed by atoms with Crippen LogP contribution in [0.4, 0.5) is 0 Å². The number of hydrogen-bond donors (Lipinski definition) is 0. The molecule has 80 valence electrons. The summed E-state index contributed by atoms with van der Waals surface area (Å²) in [5.74, 6) is 0. The van der Waals surface area contributed by atoms with Crippen LogP contribution in [-0.4, -0.2) is 4.75 Å². The fraction of sp³-hybridized carbons (Fsp3) is 0.818. The highest BCUT2D eigenvalue weighted by molar-refractivity contribution is 7.89. The van der Waals surface area contributed by atoms with Gasteiger partial charge in [-0.2, -0.15) is 0 Å². The van der Waals surface area contributed by atoms with Crippen molar-refractivity contribution in [3.8, 4) is 0 Å². The lowest BCUT2D eigenvalue weighted by Crippen LogP contribution is -1.87. The Labute approximate surface area is 90.9 Å². The van der Waals surface area contributed by atoms with Crippen LogP contribution in [0.2, 0.25) is 0 Å². The van der Waals surface area contributed by atoms with Gasteiger partial charge in [0, 0.05) is 5.30 Å². The van der Waals surface area contributed by atoms with E-state index in [-0.39, 0.29) is 0 Å². The lowest BCUT2D eigenvalue weighted by Gasteiger charge is -1.99. The molecule has 1 aromatic heterocycles. The van der Waals surface area contributed by atoms with E-state index < -0.39 is 0 Å². The van der Waals surface area contributed by atoms with Gasteiger partial charge in [0.15, 0.2) is 0 Å². The van der Waals surface area contributed by atoms with Gasteiger partial charge in [0.2, 0.25) is 0 Å². The van der Waals surface area contributed by atoms with Gasteiger partial charge in [-0.1, -0.05) is 39.0 Å². The van der Waals surface area contributed by atoms with Crippen LogP contribution < -0.4 is 0 Å². The molecule has 0 aromatic carbocycles. The van der Waals surface area contributed by atoms with Gasteiger partial charge in [-0.15, -0.1) is 0 Å². The Morgan fingerprint density at radius 3 is 2.50 bits per heavy atom. The fourth-order valence-electron chi connectivity index (χ4n) is 1.62. The van der Waals surface area contributed by atoms with Crippen LogP contribution in [0.15, 0.2) is 0 Å². The second-order valence-corrected chi connectivity index (χ2v) is 6.46. The molecule has 1 aromatic rings. The largest absolute Gasteiger partial charge is 0.240 e. The average molecular weight is 229 g/mol. The van der Waals surface area contributed by atoms with E-state index in [0.717, 1.165) is 8.03 Å². The number of nitrogens with zero attached hydrogens (tertiary/aromatic N) is 1. The minimum Gasteiger partial charge on any atom is -0.240 e. The predicted molar refractivity (Wildman–Crippen MR) is 68.1 cm³/mol. The van der Waals surface area contributed by atoms with Gasteiger partial charge in [0.1, 0.15) is 0 Å². The molecule has 1 rings (SSSR count). The Morgan fingerprint density at radius 2 is 1.86 bits per heavy atom. The van der Waals surface area contributed by atoms with E-state index >= 15 is 0 Å². The lowest BCUT2D eigenvalue weighted by atomic mass is 10.1. The van der Waals surface area contributed by atoms with Crippen LogP contribution in [0, 0.1) is 6.92 Å². The van der Waals surface area contributed by atoms with Crippen molar-refractivity contribution in [1.29, 1.82) is 0 Å². The summed E-state index contributed by atoms with van der Waals surface area (Å²) in [7, 11) is 2.27. The molecule has 3 heteroatoms. The van der Waals surface area contributed by atoms with Gasteiger partial charge < -0.3 is 0 Å². The molecular formula is C11H21NP2. The Balaban J connectivity index is 2.02. The Morgan fingerprint density at radius 1 is 1.14 bits per heavy atom. The van der Waals surface area contributed by atoms with Crippen LogP contribution in [0.5, 0.6) is 0 Å². The van der Waals surface area contributed by atoms with Crippen LogP contribution >= 0.6 is 15.9 Å². The van der Waals surface area contributed by atoms with E-state index in [4.69, 9.17) is 0 Å². The zero-order valence-electron chi connectivity index (χ0n) is 9.34. The van der Waals surface area contributed by atoms with Crippen LogP contribution in [0.25, 0.3) is 0 Å². The number of rotatable bonds is 7. The Bertz CT molecular complexity index is 245. The molecule has 1 heterocycles. The first kappa shape index (κ1) is 12.2. The molecule has 0 N–H and O–H groups in total. The third-order valence-electron chi connectivity index (χ3n) is 2.59. The Kier molecular flexibility index (Phi) is 6.48. The molecule has 0 saturated carbocycles. The molecule has 14 heavy (non-hydrogen) atoms. The van der Waals surface area contributed by atoms with Crippen molar-refractivity contribution in [2.75, 3.05) is 0 Å². The molecule has 1 nitrogen and oxygen atoms in total. The van der Waals surface area contributed by atoms with Crippen molar-refractivity contribution >= 4 is 15.9 Å². The summed E-state index contributed by atoms with van der Waals surface area (Å²) in [6.45, 7) is 4.50. The third kappa shape index (κ3) is 4.58. The molecule has 0 radical (unpaired) electrons. The summed E-state index contributed by atoms with van der Waals surface area (Å²) < 4.78 is 4.55. The smallest absolute Gasteiger partial charge is 0.0523 e. The molecule has 0 fully saturated rings. The van der Waals surface area contributed by atoms with E-state index in [0.29, 0.717) is 0 Å². The molecule has 0 aliphatic rings. The van der Waals surface area contributed by atoms with Gasteiger partial charge >= 0.3 is 0 Å². The quantitative estimate of drug-likeness (QED) is 0.605. The SMILES string of the molecule is CCCCCCCCc1n[pH]pc1C. The normalized spacial score (nSPS) is 11.9. The fourth-order valence-corrected chi connectivity index (χ4v) is 3.95. The maximum Gasteiger partial charge on any atom is 0.0523 e. The van der Waals surface area contributed by atoms with Crippen molar-refractivity contribution in [3.05, 3.63) is 11.0 Å². The van der Waals surface area contributed by atoms with E-state index in [2.05, 4.69) is 18.6 Å². The van der Waals surface area contributed by atoms with Crippen LogP contribution in [0.1, 0.15) is 56.4 Å². The summed E-state index contributed by atoms with van der Waals surface area (Å²) in [6, 6.07) is 0. The van der Waals surface area contributed by atoms with Crippen molar-refractivity contribution < 1.29 is 0 Å². The van der Waals surface area contributed by atoms with E-state index in [1.807, 2.05) is 0 Å². The average Bonchev–Trinajstić information content (AvgIpc) is 2.58. The van der Waals surface area contributed by atoms with Crippen LogP contribution in [-0.2, 0) is 6.42 Å². The lowest BCUT2D eigenvalue weighted by molar-refractivity contribution is 0.605. The minimum absolute atomic E-state index is 0.805. The molecule has 0 aliphatic heterocycles. The maximum absolute atomic E-state index is 4.55. The number of aromatic nitrogens is 1. The highest BCUT2D eigenvalue weighted by Gasteiger charge is 2.00. The van der Waals surface area contributed by atoms with Crippen LogP contribution in [0.3, 0.4) is 0 Å². The first-order valence-corrected chi connectivity index (χ1v) is 8.39. The number of unbranched alkanes of at least 4 members (excludes halogenated alkanes) is 5. The Hall–Kier alpha value is 0.140.